The number of rotatable bonds is 2. The standard InChI is InChI=1S/C13H22F2N4O2/c1-13(2,3)21-12(20)18-4-5-19-9(8-18)6-16-11(19)17-7-10(14)15/h9-10H,4-8H2,1-3H3,(H,16,17). The van der Waals surface area contributed by atoms with Gasteiger partial charge in [-0.05, 0) is 20.8 Å². The van der Waals surface area contributed by atoms with Crippen molar-refractivity contribution in [1.29, 1.82) is 0 Å². The third-order valence-electron chi connectivity index (χ3n) is 3.27. The number of hydrogen-bond donors (Lipinski definition) is 1. The van der Waals surface area contributed by atoms with Crippen LogP contribution in [-0.2, 0) is 4.74 Å². The van der Waals surface area contributed by atoms with E-state index < -0.39 is 18.6 Å². The van der Waals surface area contributed by atoms with Gasteiger partial charge in [0.1, 0.15) is 5.60 Å². The van der Waals surface area contributed by atoms with E-state index in [-0.39, 0.29) is 12.1 Å². The minimum absolute atomic E-state index is 0.0337. The van der Waals surface area contributed by atoms with Crippen LogP contribution in [0.5, 0.6) is 0 Å². The largest absolute Gasteiger partial charge is 0.444 e. The molecule has 1 atom stereocenters. The molecule has 1 amide bonds. The Labute approximate surface area is 123 Å². The Balaban J connectivity index is 1.86. The van der Waals surface area contributed by atoms with Crippen LogP contribution in [0.1, 0.15) is 20.8 Å². The lowest BCUT2D eigenvalue weighted by Crippen LogP contribution is -2.57. The van der Waals surface area contributed by atoms with Crippen LogP contribution in [-0.4, -0.2) is 72.6 Å². The molecule has 2 aliphatic rings. The van der Waals surface area contributed by atoms with E-state index >= 15 is 0 Å². The molecule has 8 heteroatoms. The smallest absolute Gasteiger partial charge is 0.410 e. The predicted octanol–water partition coefficient (Wildman–Crippen LogP) is 1.13. The zero-order valence-electron chi connectivity index (χ0n) is 12.6. The number of carbonyl (C=O) groups excluding carboxylic acids is 1. The van der Waals surface area contributed by atoms with Crippen LogP contribution in [0.2, 0.25) is 0 Å². The minimum Gasteiger partial charge on any atom is -0.444 e. The van der Waals surface area contributed by atoms with Crippen molar-refractivity contribution >= 4 is 12.1 Å². The summed E-state index contributed by atoms with van der Waals surface area (Å²) in [5.41, 5.74) is -0.523. The summed E-state index contributed by atoms with van der Waals surface area (Å²) in [5, 5.41) is 2.65. The van der Waals surface area contributed by atoms with Gasteiger partial charge in [0.25, 0.3) is 6.43 Å². The molecule has 2 rings (SSSR count). The van der Waals surface area contributed by atoms with E-state index in [9.17, 15) is 13.6 Å². The number of nitrogens with zero attached hydrogens (tertiary/aromatic N) is 3. The zero-order chi connectivity index (χ0) is 15.6. The Hall–Kier alpha value is -1.60. The van der Waals surface area contributed by atoms with Crippen LogP contribution in [0.25, 0.3) is 0 Å². The molecule has 1 N–H and O–H groups in total. The van der Waals surface area contributed by atoms with Crippen LogP contribution in [0.3, 0.4) is 0 Å². The van der Waals surface area contributed by atoms with Gasteiger partial charge in [-0.1, -0.05) is 0 Å². The first-order valence-corrected chi connectivity index (χ1v) is 7.07. The van der Waals surface area contributed by atoms with E-state index in [1.807, 2.05) is 25.7 Å². The first-order valence-electron chi connectivity index (χ1n) is 7.07. The normalized spacial score (nSPS) is 22.2. The molecular weight excluding hydrogens is 282 g/mol. The summed E-state index contributed by atoms with van der Waals surface area (Å²) in [6.07, 6.45) is -2.74. The number of amides is 1. The monoisotopic (exact) mass is 304 g/mol. The predicted molar refractivity (Wildman–Crippen MR) is 74.6 cm³/mol. The molecule has 0 aliphatic carbocycles. The van der Waals surface area contributed by atoms with Crippen molar-refractivity contribution < 1.29 is 18.3 Å². The highest BCUT2D eigenvalue weighted by Crippen LogP contribution is 2.18. The number of hydrogen-bond acceptors (Lipinski definition) is 5. The molecule has 2 heterocycles. The molecule has 1 saturated heterocycles. The molecule has 120 valence electrons. The van der Waals surface area contributed by atoms with E-state index in [0.29, 0.717) is 32.1 Å². The number of halogens is 2. The third-order valence-corrected chi connectivity index (χ3v) is 3.27. The van der Waals surface area contributed by atoms with Gasteiger partial charge >= 0.3 is 6.09 Å². The summed E-state index contributed by atoms with van der Waals surface area (Å²) in [5.74, 6) is 0.504. The Morgan fingerprint density at radius 2 is 2.19 bits per heavy atom. The Morgan fingerprint density at radius 1 is 1.48 bits per heavy atom. The molecule has 0 aromatic heterocycles. The summed E-state index contributed by atoms with van der Waals surface area (Å²) >= 11 is 0. The van der Waals surface area contributed by atoms with Crippen molar-refractivity contribution in [3.05, 3.63) is 0 Å². The van der Waals surface area contributed by atoms with Crippen molar-refractivity contribution in [2.45, 2.75) is 38.8 Å². The van der Waals surface area contributed by atoms with Gasteiger partial charge in [0.2, 0.25) is 0 Å². The van der Waals surface area contributed by atoms with E-state index in [0.717, 1.165) is 0 Å². The molecule has 0 saturated carbocycles. The lowest BCUT2D eigenvalue weighted by atomic mass is 10.2. The summed E-state index contributed by atoms with van der Waals surface area (Å²) in [4.78, 5) is 19.9. The maximum atomic E-state index is 12.2. The number of aliphatic imine (C=N–C) groups is 1. The van der Waals surface area contributed by atoms with Gasteiger partial charge in [-0.15, -0.1) is 0 Å². The molecule has 0 aromatic rings. The number of ether oxygens (including phenoxy) is 1. The Kier molecular flexibility index (Phi) is 4.53. The van der Waals surface area contributed by atoms with Crippen LogP contribution < -0.4 is 5.32 Å². The van der Waals surface area contributed by atoms with Crippen LogP contribution in [0, 0.1) is 0 Å². The quantitative estimate of drug-likeness (QED) is 0.831. The van der Waals surface area contributed by atoms with Crippen LogP contribution in [0.4, 0.5) is 13.6 Å². The van der Waals surface area contributed by atoms with Gasteiger partial charge in [0.15, 0.2) is 5.96 Å². The van der Waals surface area contributed by atoms with E-state index in [1.54, 1.807) is 4.90 Å². The minimum atomic E-state index is -2.41. The number of piperazine rings is 1. The number of fused-ring (bicyclic) bond motifs is 1. The Bertz CT molecular complexity index is 423. The number of guanidine groups is 1. The van der Waals surface area contributed by atoms with Crippen molar-refractivity contribution in [3.63, 3.8) is 0 Å². The molecule has 0 bridgehead atoms. The van der Waals surface area contributed by atoms with Crippen molar-refractivity contribution in [1.82, 2.24) is 15.1 Å². The number of alkyl halides is 2. The van der Waals surface area contributed by atoms with Crippen molar-refractivity contribution in [2.75, 3.05) is 32.7 Å². The zero-order valence-corrected chi connectivity index (χ0v) is 12.6. The molecule has 0 spiro atoms. The second-order valence-electron chi connectivity index (χ2n) is 6.21. The lowest BCUT2D eigenvalue weighted by molar-refractivity contribution is 0.0137. The first-order chi connectivity index (χ1) is 9.76. The van der Waals surface area contributed by atoms with E-state index in [4.69, 9.17) is 4.74 Å². The molecule has 6 nitrogen and oxygen atoms in total. The van der Waals surface area contributed by atoms with Crippen molar-refractivity contribution in [3.8, 4) is 0 Å². The maximum absolute atomic E-state index is 12.2. The lowest BCUT2D eigenvalue weighted by Gasteiger charge is -2.39. The SMILES string of the molecule is CC(C)(C)OC(=O)N1CCN2C(NCC(F)F)=NCC2C1. The van der Waals surface area contributed by atoms with Gasteiger partial charge < -0.3 is 19.9 Å². The maximum Gasteiger partial charge on any atom is 0.410 e. The molecule has 0 radical (unpaired) electrons. The molecular formula is C13H22F2N4O2. The highest BCUT2D eigenvalue weighted by atomic mass is 19.3. The van der Waals surface area contributed by atoms with Crippen LogP contribution in [0.15, 0.2) is 4.99 Å². The average Bonchev–Trinajstić information content (AvgIpc) is 2.76. The number of nitrogens with one attached hydrogen (secondary N) is 1. The van der Waals surface area contributed by atoms with E-state index in [2.05, 4.69) is 10.3 Å². The van der Waals surface area contributed by atoms with Gasteiger partial charge in [-0.3, -0.25) is 4.99 Å². The molecule has 0 aromatic carbocycles. The average molecular weight is 304 g/mol. The summed E-state index contributed by atoms with van der Waals surface area (Å²) < 4.78 is 29.8. The first kappa shape index (κ1) is 15.8. The molecule has 1 unspecified atom stereocenters. The molecule has 2 aliphatic heterocycles. The second kappa shape index (κ2) is 6.03. The topological polar surface area (TPSA) is 57.2 Å². The fourth-order valence-corrected chi connectivity index (χ4v) is 2.39. The van der Waals surface area contributed by atoms with Gasteiger partial charge in [0, 0.05) is 19.6 Å². The fourth-order valence-electron chi connectivity index (χ4n) is 2.39. The third kappa shape index (κ3) is 4.18. The van der Waals surface area contributed by atoms with Gasteiger partial charge in [-0.25, -0.2) is 13.6 Å². The van der Waals surface area contributed by atoms with Gasteiger partial charge in [-0.2, -0.15) is 0 Å². The van der Waals surface area contributed by atoms with E-state index in [1.165, 1.54) is 0 Å². The van der Waals surface area contributed by atoms with Crippen molar-refractivity contribution in [2.24, 2.45) is 4.99 Å². The summed E-state index contributed by atoms with van der Waals surface area (Å²) in [7, 11) is 0. The summed E-state index contributed by atoms with van der Waals surface area (Å²) in [6, 6.07) is 0.0337. The molecule has 1 fully saturated rings. The van der Waals surface area contributed by atoms with Crippen LogP contribution >= 0.6 is 0 Å². The highest BCUT2D eigenvalue weighted by Gasteiger charge is 2.36. The van der Waals surface area contributed by atoms with Gasteiger partial charge in [0.05, 0.1) is 19.1 Å². The fraction of sp³-hybridized carbons (Fsp3) is 0.846. The number of carbonyl (C=O) groups is 1. The highest BCUT2D eigenvalue weighted by molar-refractivity contribution is 5.82. The molecule has 21 heavy (non-hydrogen) atoms. The second-order valence-corrected chi connectivity index (χ2v) is 6.21. The Morgan fingerprint density at radius 3 is 2.81 bits per heavy atom. The summed E-state index contributed by atoms with van der Waals surface area (Å²) in [6.45, 7) is 7.14.